The van der Waals surface area contributed by atoms with E-state index in [1.807, 2.05) is 0 Å². The highest BCUT2D eigenvalue weighted by Crippen LogP contribution is 2.29. The standard InChI is InChI=1S/C9H7Br2NO4/c1-16-9(13)6-3-7(11)8(12(14)15)2-5(6)4-10/h2-3H,4H2,1H3. The van der Waals surface area contributed by atoms with Crippen molar-refractivity contribution in [1.29, 1.82) is 0 Å². The number of methoxy groups -OCH3 is 1. The lowest BCUT2D eigenvalue weighted by Crippen LogP contribution is -2.06. The van der Waals surface area contributed by atoms with E-state index in [0.717, 1.165) is 0 Å². The number of halogens is 2. The normalized spacial score (nSPS) is 9.94. The van der Waals surface area contributed by atoms with Crippen LogP contribution in [-0.4, -0.2) is 18.0 Å². The number of ether oxygens (including phenoxy) is 1. The summed E-state index contributed by atoms with van der Waals surface area (Å²) in [6, 6.07) is 2.73. The highest BCUT2D eigenvalue weighted by molar-refractivity contribution is 9.10. The molecule has 0 spiro atoms. The van der Waals surface area contributed by atoms with Crippen LogP contribution < -0.4 is 0 Å². The fourth-order valence-electron chi connectivity index (χ4n) is 1.16. The van der Waals surface area contributed by atoms with Crippen molar-refractivity contribution >= 4 is 43.5 Å². The number of carbonyl (C=O) groups is 1. The van der Waals surface area contributed by atoms with Crippen LogP contribution >= 0.6 is 31.9 Å². The SMILES string of the molecule is COC(=O)c1cc(Br)c([N+](=O)[O-])cc1CBr. The summed E-state index contributed by atoms with van der Waals surface area (Å²) in [6.45, 7) is 0. The largest absolute Gasteiger partial charge is 0.465 e. The lowest BCUT2D eigenvalue weighted by atomic mass is 10.1. The van der Waals surface area contributed by atoms with E-state index < -0.39 is 10.9 Å². The monoisotopic (exact) mass is 351 g/mol. The number of carbonyl (C=O) groups excluding carboxylic acids is 1. The second kappa shape index (κ2) is 5.40. The van der Waals surface area contributed by atoms with Gasteiger partial charge in [-0.25, -0.2) is 4.79 Å². The zero-order chi connectivity index (χ0) is 12.3. The zero-order valence-electron chi connectivity index (χ0n) is 8.20. The van der Waals surface area contributed by atoms with Crippen LogP contribution in [0.1, 0.15) is 15.9 Å². The summed E-state index contributed by atoms with van der Waals surface area (Å²) in [5.74, 6) is -0.523. The third-order valence-electron chi connectivity index (χ3n) is 1.92. The molecule has 1 aromatic carbocycles. The fraction of sp³-hybridized carbons (Fsp3) is 0.222. The van der Waals surface area contributed by atoms with Gasteiger partial charge in [-0.1, -0.05) is 15.9 Å². The zero-order valence-corrected chi connectivity index (χ0v) is 11.4. The number of nitro benzene ring substituents is 1. The Labute approximate surface area is 108 Å². The lowest BCUT2D eigenvalue weighted by molar-refractivity contribution is -0.385. The van der Waals surface area contributed by atoms with E-state index in [1.165, 1.54) is 19.2 Å². The number of rotatable bonds is 3. The highest BCUT2D eigenvalue weighted by Gasteiger charge is 2.19. The van der Waals surface area contributed by atoms with Crippen molar-refractivity contribution in [3.63, 3.8) is 0 Å². The van der Waals surface area contributed by atoms with Gasteiger partial charge in [0.1, 0.15) is 0 Å². The molecule has 5 nitrogen and oxygen atoms in total. The number of nitro groups is 1. The maximum absolute atomic E-state index is 11.4. The number of esters is 1. The van der Waals surface area contributed by atoms with E-state index >= 15 is 0 Å². The minimum absolute atomic E-state index is 0.0814. The van der Waals surface area contributed by atoms with E-state index in [0.29, 0.717) is 16.5 Å². The van der Waals surface area contributed by atoms with Gasteiger partial charge in [0, 0.05) is 11.4 Å². The second-order valence-electron chi connectivity index (χ2n) is 2.84. The van der Waals surface area contributed by atoms with Crippen molar-refractivity contribution < 1.29 is 14.5 Å². The molecule has 7 heteroatoms. The first-order valence-electron chi connectivity index (χ1n) is 4.12. The predicted octanol–water partition coefficient (Wildman–Crippen LogP) is 3.04. The van der Waals surface area contributed by atoms with Crippen LogP contribution in [0.5, 0.6) is 0 Å². The Balaban J connectivity index is 3.37. The van der Waals surface area contributed by atoms with Crippen molar-refractivity contribution in [2.24, 2.45) is 0 Å². The van der Waals surface area contributed by atoms with E-state index in [9.17, 15) is 14.9 Å². The molecule has 0 saturated heterocycles. The summed E-state index contributed by atoms with van der Waals surface area (Å²) in [5, 5.41) is 11.0. The summed E-state index contributed by atoms with van der Waals surface area (Å²) < 4.78 is 4.84. The van der Waals surface area contributed by atoms with E-state index in [2.05, 4.69) is 36.6 Å². The quantitative estimate of drug-likeness (QED) is 0.363. The topological polar surface area (TPSA) is 69.4 Å². The first kappa shape index (κ1) is 13.1. The number of hydrogen-bond donors (Lipinski definition) is 0. The predicted molar refractivity (Wildman–Crippen MR) is 64.8 cm³/mol. The van der Waals surface area contributed by atoms with Crippen LogP contribution in [0.3, 0.4) is 0 Å². The summed E-state index contributed by atoms with van der Waals surface area (Å²) in [4.78, 5) is 21.6. The van der Waals surface area contributed by atoms with Crippen molar-refractivity contribution in [2.45, 2.75) is 5.33 Å². The third kappa shape index (κ3) is 2.59. The van der Waals surface area contributed by atoms with Crippen LogP contribution in [-0.2, 0) is 10.1 Å². The minimum Gasteiger partial charge on any atom is -0.465 e. The van der Waals surface area contributed by atoms with Crippen molar-refractivity contribution in [2.75, 3.05) is 7.11 Å². The van der Waals surface area contributed by atoms with Gasteiger partial charge in [-0.3, -0.25) is 10.1 Å². The third-order valence-corrected chi connectivity index (χ3v) is 3.16. The number of hydrogen-bond acceptors (Lipinski definition) is 4. The molecule has 0 saturated carbocycles. The first-order chi connectivity index (χ1) is 7.51. The van der Waals surface area contributed by atoms with E-state index in [-0.39, 0.29) is 10.2 Å². The Kier molecular flexibility index (Phi) is 4.43. The summed E-state index contributed by atoms with van der Waals surface area (Å²) in [7, 11) is 1.26. The number of nitrogens with zero attached hydrogens (tertiary/aromatic N) is 1. The molecule has 86 valence electrons. The molecule has 0 aliphatic rings. The van der Waals surface area contributed by atoms with Crippen LogP contribution in [0.15, 0.2) is 16.6 Å². The van der Waals surface area contributed by atoms with Gasteiger partial charge in [0.25, 0.3) is 5.69 Å². The smallest absolute Gasteiger partial charge is 0.338 e. The fourth-order valence-corrected chi connectivity index (χ4v) is 2.11. The number of alkyl halides is 1. The molecule has 0 fully saturated rings. The van der Waals surface area contributed by atoms with Crippen molar-refractivity contribution in [3.8, 4) is 0 Å². The molecule has 0 atom stereocenters. The lowest BCUT2D eigenvalue weighted by Gasteiger charge is -2.06. The van der Waals surface area contributed by atoms with E-state index in [1.54, 1.807) is 0 Å². The molecule has 0 heterocycles. The Hall–Kier alpha value is -0.950. The van der Waals surface area contributed by atoms with E-state index in [4.69, 9.17) is 0 Å². The average Bonchev–Trinajstić information content (AvgIpc) is 2.27. The molecular weight excluding hydrogens is 346 g/mol. The molecule has 0 aromatic heterocycles. The molecule has 0 bridgehead atoms. The van der Waals surface area contributed by atoms with Gasteiger partial charge in [-0.15, -0.1) is 0 Å². The van der Waals surface area contributed by atoms with Crippen LogP contribution in [0.4, 0.5) is 5.69 Å². The van der Waals surface area contributed by atoms with Crippen molar-refractivity contribution in [1.82, 2.24) is 0 Å². The minimum atomic E-state index is -0.523. The second-order valence-corrected chi connectivity index (χ2v) is 4.26. The summed E-state index contributed by atoms with van der Waals surface area (Å²) >= 11 is 6.21. The maximum atomic E-state index is 11.4. The van der Waals surface area contributed by atoms with Gasteiger partial charge < -0.3 is 4.74 Å². The van der Waals surface area contributed by atoms with Gasteiger partial charge in [-0.05, 0) is 27.6 Å². The maximum Gasteiger partial charge on any atom is 0.338 e. The van der Waals surface area contributed by atoms with Crippen molar-refractivity contribution in [3.05, 3.63) is 37.8 Å². The van der Waals surface area contributed by atoms with Crippen LogP contribution in [0, 0.1) is 10.1 Å². The Bertz CT molecular complexity index is 447. The summed E-state index contributed by atoms with van der Waals surface area (Å²) in [6.07, 6.45) is 0. The molecule has 0 amide bonds. The average molecular weight is 353 g/mol. The Morgan fingerprint density at radius 2 is 2.19 bits per heavy atom. The van der Waals surface area contributed by atoms with Gasteiger partial charge >= 0.3 is 5.97 Å². The Morgan fingerprint density at radius 3 is 2.62 bits per heavy atom. The molecule has 1 rings (SSSR count). The molecule has 0 aliphatic heterocycles. The highest BCUT2D eigenvalue weighted by atomic mass is 79.9. The molecule has 0 aliphatic carbocycles. The van der Waals surface area contributed by atoms with Crippen LogP contribution in [0.2, 0.25) is 0 Å². The molecular formula is C9H7Br2NO4. The van der Waals surface area contributed by atoms with Gasteiger partial charge in [0.05, 0.1) is 22.1 Å². The molecule has 0 radical (unpaired) electrons. The molecule has 0 unspecified atom stereocenters. The van der Waals surface area contributed by atoms with Gasteiger partial charge in [-0.2, -0.15) is 0 Å². The van der Waals surface area contributed by atoms with Crippen LogP contribution in [0.25, 0.3) is 0 Å². The van der Waals surface area contributed by atoms with Gasteiger partial charge in [0.15, 0.2) is 0 Å². The summed E-state index contributed by atoms with van der Waals surface area (Å²) in [5.41, 5.74) is 0.737. The van der Waals surface area contributed by atoms with Gasteiger partial charge in [0.2, 0.25) is 0 Å². The molecule has 0 N–H and O–H groups in total. The Morgan fingerprint density at radius 1 is 1.56 bits per heavy atom. The molecule has 1 aromatic rings. The molecule has 16 heavy (non-hydrogen) atoms. The number of benzene rings is 1. The first-order valence-corrected chi connectivity index (χ1v) is 6.03.